The molecule has 0 heterocycles. The molecular formula is C17H13BrFNO4. The molecule has 0 aromatic heterocycles. The molecule has 0 saturated heterocycles. The molecule has 1 amide bonds. The zero-order valence-corrected chi connectivity index (χ0v) is 14.2. The van der Waals surface area contributed by atoms with Gasteiger partial charge in [-0.3, -0.25) is 9.59 Å². The number of Topliss-reactive ketones (excluding diaryl/α,β-unsaturated/α-hetero) is 1. The summed E-state index contributed by atoms with van der Waals surface area (Å²) in [6.07, 6.45) is 0. The molecule has 0 atom stereocenters. The van der Waals surface area contributed by atoms with Gasteiger partial charge in [-0.1, -0.05) is 0 Å². The SMILES string of the molecule is CC(=O)Nc1ccc(C(=O)COC(=O)c2ccc(F)cc2Br)cc1. The van der Waals surface area contributed by atoms with Crippen molar-refractivity contribution in [1.82, 2.24) is 0 Å². The third-order valence-electron chi connectivity index (χ3n) is 3.01. The van der Waals surface area contributed by atoms with E-state index in [4.69, 9.17) is 4.74 Å². The first-order valence-electron chi connectivity index (χ1n) is 6.90. The predicted octanol–water partition coefficient (Wildman–Crippen LogP) is 3.59. The fourth-order valence-corrected chi connectivity index (χ4v) is 2.40. The van der Waals surface area contributed by atoms with E-state index >= 15 is 0 Å². The molecule has 0 spiro atoms. The van der Waals surface area contributed by atoms with Crippen molar-refractivity contribution in [2.45, 2.75) is 6.92 Å². The summed E-state index contributed by atoms with van der Waals surface area (Å²) in [5.74, 6) is -1.83. The van der Waals surface area contributed by atoms with Crippen LogP contribution in [0.25, 0.3) is 0 Å². The lowest BCUT2D eigenvalue weighted by Crippen LogP contribution is -2.15. The molecule has 2 aromatic carbocycles. The van der Waals surface area contributed by atoms with Gasteiger partial charge in [-0.15, -0.1) is 0 Å². The second-order valence-electron chi connectivity index (χ2n) is 4.88. The molecule has 24 heavy (non-hydrogen) atoms. The summed E-state index contributed by atoms with van der Waals surface area (Å²) in [6.45, 7) is 0.939. The first-order chi connectivity index (χ1) is 11.4. The maximum absolute atomic E-state index is 13.0. The highest BCUT2D eigenvalue weighted by molar-refractivity contribution is 9.10. The predicted molar refractivity (Wildman–Crippen MR) is 89.5 cm³/mol. The summed E-state index contributed by atoms with van der Waals surface area (Å²) >= 11 is 3.07. The average molecular weight is 394 g/mol. The fourth-order valence-electron chi connectivity index (χ4n) is 1.89. The lowest BCUT2D eigenvalue weighted by atomic mass is 10.1. The number of carbonyl (C=O) groups excluding carboxylic acids is 3. The number of benzene rings is 2. The first-order valence-corrected chi connectivity index (χ1v) is 7.69. The molecule has 1 N–H and O–H groups in total. The van der Waals surface area contributed by atoms with Crippen molar-refractivity contribution in [2.24, 2.45) is 0 Å². The molecule has 2 aromatic rings. The second kappa shape index (κ2) is 7.83. The van der Waals surface area contributed by atoms with E-state index in [1.807, 2.05) is 0 Å². The van der Waals surface area contributed by atoms with E-state index < -0.39 is 24.2 Å². The van der Waals surface area contributed by atoms with E-state index in [0.29, 0.717) is 11.3 Å². The quantitative estimate of drug-likeness (QED) is 0.622. The van der Waals surface area contributed by atoms with Crippen LogP contribution in [0.1, 0.15) is 27.6 Å². The van der Waals surface area contributed by atoms with Gasteiger partial charge < -0.3 is 10.1 Å². The van der Waals surface area contributed by atoms with E-state index in [9.17, 15) is 18.8 Å². The van der Waals surface area contributed by atoms with Crippen molar-refractivity contribution in [3.05, 3.63) is 63.9 Å². The van der Waals surface area contributed by atoms with Crippen molar-refractivity contribution in [3.63, 3.8) is 0 Å². The maximum Gasteiger partial charge on any atom is 0.339 e. The zero-order chi connectivity index (χ0) is 17.7. The van der Waals surface area contributed by atoms with Gasteiger partial charge in [0.25, 0.3) is 0 Å². The molecule has 0 unspecified atom stereocenters. The number of carbonyl (C=O) groups is 3. The van der Waals surface area contributed by atoms with Gasteiger partial charge in [0.2, 0.25) is 5.91 Å². The maximum atomic E-state index is 13.0. The molecule has 7 heteroatoms. The van der Waals surface area contributed by atoms with E-state index in [2.05, 4.69) is 21.2 Å². The molecule has 124 valence electrons. The number of hydrogen-bond donors (Lipinski definition) is 1. The van der Waals surface area contributed by atoms with E-state index in [0.717, 1.165) is 12.1 Å². The highest BCUT2D eigenvalue weighted by Gasteiger charge is 2.15. The van der Waals surface area contributed by atoms with Crippen LogP contribution in [0.4, 0.5) is 10.1 Å². The normalized spacial score (nSPS) is 10.1. The Hall–Kier alpha value is -2.54. The monoisotopic (exact) mass is 393 g/mol. The van der Waals surface area contributed by atoms with E-state index in [-0.39, 0.29) is 15.9 Å². The summed E-state index contributed by atoms with van der Waals surface area (Å²) in [5, 5.41) is 2.58. The van der Waals surface area contributed by atoms with Crippen LogP contribution in [-0.2, 0) is 9.53 Å². The first kappa shape index (κ1) is 17.8. The number of ketones is 1. The summed E-state index contributed by atoms with van der Waals surface area (Å²) in [4.78, 5) is 34.9. The van der Waals surface area contributed by atoms with Crippen LogP contribution in [0.2, 0.25) is 0 Å². The Morgan fingerprint density at radius 3 is 2.38 bits per heavy atom. The smallest absolute Gasteiger partial charge is 0.339 e. The fraction of sp³-hybridized carbons (Fsp3) is 0.118. The minimum absolute atomic E-state index is 0.130. The van der Waals surface area contributed by atoms with Crippen LogP contribution < -0.4 is 5.32 Å². The topological polar surface area (TPSA) is 72.5 Å². The van der Waals surface area contributed by atoms with Gasteiger partial charge in [-0.2, -0.15) is 0 Å². The van der Waals surface area contributed by atoms with Gasteiger partial charge in [0.15, 0.2) is 12.4 Å². The molecule has 0 fully saturated rings. The lowest BCUT2D eigenvalue weighted by molar-refractivity contribution is -0.114. The van der Waals surface area contributed by atoms with Gasteiger partial charge in [0, 0.05) is 22.6 Å². The Morgan fingerprint density at radius 2 is 1.79 bits per heavy atom. The van der Waals surface area contributed by atoms with Crippen LogP contribution >= 0.6 is 15.9 Å². The zero-order valence-electron chi connectivity index (χ0n) is 12.6. The van der Waals surface area contributed by atoms with Crippen LogP contribution in [0, 0.1) is 5.82 Å². The van der Waals surface area contributed by atoms with Crippen molar-refractivity contribution >= 4 is 39.3 Å². The second-order valence-corrected chi connectivity index (χ2v) is 5.74. The Kier molecular flexibility index (Phi) is 5.81. The molecule has 0 aliphatic rings. The number of ether oxygens (including phenoxy) is 1. The van der Waals surface area contributed by atoms with Crippen LogP contribution in [-0.4, -0.2) is 24.3 Å². The third-order valence-corrected chi connectivity index (χ3v) is 3.67. The van der Waals surface area contributed by atoms with Gasteiger partial charge in [-0.25, -0.2) is 9.18 Å². The number of anilines is 1. The Labute approximate surface area is 145 Å². The number of hydrogen-bond acceptors (Lipinski definition) is 4. The molecule has 0 bridgehead atoms. The third kappa shape index (κ3) is 4.73. The minimum Gasteiger partial charge on any atom is -0.454 e. The van der Waals surface area contributed by atoms with Crippen molar-refractivity contribution < 1.29 is 23.5 Å². The molecule has 2 rings (SSSR count). The Morgan fingerprint density at radius 1 is 1.12 bits per heavy atom. The number of esters is 1. The van der Waals surface area contributed by atoms with Gasteiger partial charge >= 0.3 is 5.97 Å². The highest BCUT2D eigenvalue weighted by atomic mass is 79.9. The standard InChI is InChI=1S/C17H13BrFNO4/c1-10(21)20-13-5-2-11(3-6-13)16(22)9-24-17(23)14-7-4-12(19)8-15(14)18/h2-8H,9H2,1H3,(H,20,21). The Balaban J connectivity index is 1.97. The molecule has 0 saturated carbocycles. The molecular weight excluding hydrogens is 381 g/mol. The lowest BCUT2D eigenvalue weighted by Gasteiger charge is -2.07. The van der Waals surface area contributed by atoms with Gasteiger partial charge in [0.1, 0.15) is 5.82 Å². The molecule has 0 aliphatic heterocycles. The van der Waals surface area contributed by atoms with Gasteiger partial charge in [-0.05, 0) is 58.4 Å². The minimum atomic E-state index is -0.731. The number of amides is 1. The summed E-state index contributed by atoms with van der Waals surface area (Å²) in [5.41, 5.74) is 1.03. The van der Waals surface area contributed by atoms with Crippen molar-refractivity contribution in [1.29, 1.82) is 0 Å². The van der Waals surface area contributed by atoms with Crippen LogP contribution in [0.3, 0.4) is 0 Å². The van der Waals surface area contributed by atoms with E-state index in [1.54, 1.807) is 12.1 Å². The van der Waals surface area contributed by atoms with Crippen molar-refractivity contribution in [3.8, 4) is 0 Å². The summed E-state index contributed by atoms with van der Waals surface area (Å²) < 4.78 is 18.2. The Bertz CT molecular complexity index is 790. The largest absolute Gasteiger partial charge is 0.454 e. The summed E-state index contributed by atoms with van der Waals surface area (Å²) in [6, 6.07) is 9.74. The van der Waals surface area contributed by atoms with Crippen LogP contribution in [0.15, 0.2) is 46.9 Å². The van der Waals surface area contributed by atoms with Gasteiger partial charge in [0.05, 0.1) is 5.56 Å². The molecule has 5 nitrogen and oxygen atoms in total. The van der Waals surface area contributed by atoms with Crippen LogP contribution in [0.5, 0.6) is 0 Å². The molecule has 0 radical (unpaired) electrons. The summed E-state index contributed by atoms with van der Waals surface area (Å²) in [7, 11) is 0. The highest BCUT2D eigenvalue weighted by Crippen LogP contribution is 2.19. The number of nitrogens with one attached hydrogen (secondary N) is 1. The number of rotatable bonds is 5. The van der Waals surface area contributed by atoms with Crippen molar-refractivity contribution in [2.75, 3.05) is 11.9 Å². The van der Waals surface area contributed by atoms with E-state index in [1.165, 1.54) is 25.1 Å². The molecule has 0 aliphatic carbocycles. The number of halogens is 2. The average Bonchev–Trinajstić information content (AvgIpc) is 2.52.